The normalized spacial score (nSPS) is 25.2. The largest absolute Gasteiger partial charge is 0.367 e. The molecule has 4 heteroatoms. The lowest BCUT2D eigenvalue weighted by Gasteiger charge is -2.33. The van der Waals surface area contributed by atoms with Crippen molar-refractivity contribution in [3.8, 4) is 0 Å². The minimum Gasteiger partial charge on any atom is -0.367 e. The van der Waals surface area contributed by atoms with Crippen molar-refractivity contribution in [1.29, 1.82) is 0 Å². The summed E-state index contributed by atoms with van der Waals surface area (Å²) >= 11 is 3.21. The van der Waals surface area contributed by atoms with Gasteiger partial charge in [-0.1, -0.05) is 19.9 Å². The summed E-state index contributed by atoms with van der Waals surface area (Å²) in [5.41, 5.74) is 1.01. The van der Waals surface area contributed by atoms with E-state index in [0.29, 0.717) is 10.4 Å². The Balaban J connectivity index is 2.13. The van der Waals surface area contributed by atoms with E-state index in [1.807, 2.05) is 0 Å². The van der Waals surface area contributed by atoms with Crippen LogP contribution in [0.2, 0.25) is 0 Å². The lowest BCUT2D eigenvalue weighted by molar-refractivity contribution is -0.0603. The van der Waals surface area contributed by atoms with E-state index in [9.17, 15) is 4.39 Å². The van der Waals surface area contributed by atoms with E-state index in [-0.39, 0.29) is 18.0 Å². The highest BCUT2D eigenvalue weighted by Gasteiger charge is 2.25. The highest BCUT2D eigenvalue weighted by atomic mass is 79.9. The molecule has 94 valence electrons. The quantitative estimate of drug-likeness (QED) is 0.905. The van der Waals surface area contributed by atoms with Crippen LogP contribution in [0.15, 0.2) is 22.7 Å². The summed E-state index contributed by atoms with van der Waals surface area (Å²) in [6, 6.07) is 5.06. The Bertz CT molecular complexity index is 397. The average Bonchev–Trinajstić information content (AvgIpc) is 2.33. The second-order valence-electron chi connectivity index (χ2n) is 4.74. The van der Waals surface area contributed by atoms with Gasteiger partial charge >= 0.3 is 0 Å². The third kappa shape index (κ3) is 3.06. The summed E-state index contributed by atoms with van der Waals surface area (Å²) in [5, 5.41) is 3.36. The van der Waals surface area contributed by atoms with Gasteiger partial charge in [0.25, 0.3) is 0 Å². The van der Waals surface area contributed by atoms with Crippen molar-refractivity contribution in [2.24, 2.45) is 5.92 Å². The van der Waals surface area contributed by atoms with Crippen molar-refractivity contribution >= 4 is 15.9 Å². The number of hydrogen-bond acceptors (Lipinski definition) is 2. The van der Waals surface area contributed by atoms with E-state index in [0.717, 1.165) is 18.7 Å². The van der Waals surface area contributed by atoms with Gasteiger partial charge in [0.05, 0.1) is 16.7 Å². The topological polar surface area (TPSA) is 21.3 Å². The van der Waals surface area contributed by atoms with Crippen LogP contribution in [0.5, 0.6) is 0 Å². The predicted molar refractivity (Wildman–Crippen MR) is 69.4 cm³/mol. The van der Waals surface area contributed by atoms with Crippen LogP contribution in [0, 0.1) is 11.7 Å². The van der Waals surface area contributed by atoms with Crippen LogP contribution < -0.4 is 5.32 Å². The Kier molecular flexibility index (Phi) is 4.17. The molecule has 1 aliphatic rings. The van der Waals surface area contributed by atoms with Crippen LogP contribution in [-0.4, -0.2) is 19.2 Å². The summed E-state index contributed by atoms with van der Waals surface area (Å²) < 4.78 is 19.7. The molecule has 0 spiro atoms. The molecule has 1 heterocycles. The molecule has 1 N–H and O–H groups in total. The van der Waals surface area contributed by atoms with Gasteiger partial charge < -0.3 is 10.1 Å². The number of ether oxygens (including phenoxy) is 1. The van der Waals surface area contributed by atoms with Gasteiger partial charge in [-0.05, 0) is 39.5 Å². The zero-order chi connectivity index (χ0) is 12.4. The fourth-order valence-corrected chi connectivity index (χ4v) is 2.36. The molecule has 0 radical (unpaired) electrons. The number of morpholine rings is 1. The van der Waals surface area contributed by atoms with Crippen LogP contribution in [0.25, 0.3) is 0 Å². The Labute approximate surface area is 110 Å². The molecule has 1 aromatic carbocycles. The average molecular weight is 302 g/mol. The number of nitrogens with one attached hydrogen (secondary N) is 1. The molecule has 0 saturated carbocycles. The van der Waals surface area contributed by atoms with Crippen LogP contribution in [0.3, 0.4) is 0 Å². The Morgan fingerprint density at radius 1 is 1.41 bits per heavy atom. The first kappa shape index (κ1) is 13.0. The monoisotopic (exact) mass is 301 g/mol. The van der Waals surface area contributed by atoms with Crippen LogP contribution >= 0.6 is 15.9 Å². The minimum absolute atomic E-state index is 0.00745. The number of rotatable bonds is 2. The molecular weight excluding hydrogens is 285 g/mol. The van der Waals surface area contributed by atoms with Crippen molar-refractivity contribution in [2.75, 3.05) is 13.1 Å². The molecule has 2 atom stereocenters. The lowest BCUT2D eigenvalue weighted by atomic mass is 10.0. The van der Waals surface area contributed by atoms with E-state index in [1.165, 1.54) is 6.07 Å². The van der Waals surface area contributed by atoms with Gasteiger partial charge in [-0.15, -0.1) is 0 Å². The van der Waals surface area contributed by atoms with Gasteiger partial charge in [0.2, 0.25) is 0 Å². The third-order valence-electron chi connectivity index (χ3n) is 3.07. The highest BCUT2D eigenvalue weighted by Crippen LogP contribution is 2.27. The summed E-state index contributed by atoms with van der Waals surface area (Å²) in [4.78, 5) is 0. The van der Waals surface area contributed by atoms with E-state index in [4.69, 9.17) is 4.74 Å². The first-order valence-corrected chi connectivity index (χ1v) is 6.68. The maximum Gasteiger partial charge on any atom is 0.137 e. The number of hydrogen-bond donors (Lipinski definition) is 1. The number of benzene rings is 1. The minimum atomic E-state index is -0.238. The molecule has 2 unspecified atom stereocenters. The summed E-state index contributed by atoms with van der Waals surface area (Å²) in [7, 11) is 0. The molecule has 0 bridgehead atoms. The fraction of sp³-hybridized carbons (Fsp3) is 0.538. The van der Waals surface area contributed by atoms with Gasteiger partial charge in [0.15, 0.2) is 0 Å². The zero-order valence-corrected chi connectivity index (χ0v) is 11.6. The van der Waals surface area contributed by atoms with Crippen molar-refractivity contribution in [3.63, 3.8) is 0 Å². The zero-order valence-electron chi connectivity index (χ0n) is 10.0. The molecule has 1 saturated heterocycles. The molecule has 0 aliphatic carbocycles. The van der Waals surface area contributed by atoms with Gasteiger partial charge in [-0.2, -0.15) is 0 Å². The van der Waals surface area contributed by atoms with Gasteiger partial charge in [-0.25, -0.2) is 4.39 Å². The summed E-state index contributed by atoms with van der Waals surface area (Å²) in [6.45, 7) is 5.96. The van der Waals surface area contributed by atoms with Crippen molar-refractivity contribution in [1.82, 2.24) is 5.32 Å². The molecule has 2 rings (SSSR count). The molecular formula is C13H17BrFNO. The van der Waals surface area contributed by atoms with Crippen molar-refractivity contribution in [2.45, 2.75) is 26.1 Å². The van der Waals surface area contributed by atoms with Crippen LogP contribution in [0.4, 0.5) is 4.39 Å². The maximum absolute atomic E-state index is 13.2. The lowest BCUT2D eigenvalue weighted by Crippen LogP contribution is -2.43. The van der Waals surface area contributed by atoms with Crippen LogP contribution in [0.1, 0.15) is 25.5 Å². The maximum atomic E-state index is 13.2. The van der Waals surface area contributed by atoms with E-state index >= 15 is 0 Å². The molecule has 1 aliphatic heterocycles. The Morgan fingerprint density at radius 3 is 2.82 bits per heavy atom. The molecule has 2 nitrogen and oxygen atoms in total. The van der Waals surface area contributed by atoms with E-state index in [2.05, 4.69) is 35.1 Å². The molecule has 17 heavy (non-hydrogen) atoms. The van der Waals surface area contributed by atoms with Gasteiger partial charge in [0, 0.05) is 13.1 Å². The summed E-state index contributed by atoms with van der Waals surface area (Å²) in [6.07, 6.45) is 0.227. The van der Waals surface area contributed by atoms with Crippen molar-refractivity contribution < 1.29 is 9.13 Å². The number of halogens is 2. The Hall–Kier alpha value is -0.450. The fourth-order valence-electron chi connectivity index (χ4n) is 1.97. The SMILES string of the molecule is CC(C)C1CNCC(c2ccc(F)c(Br)c2)O1. The smallest absolute Gasteiger partial charge is 0.137 e. The molecule has 1 aromatic rings. The standard InChI is InChI=1S/C13H17BrFNO/c1-8(2)12-6-16-7-13(17-12)9-3-4-11(15)10(14)5-9/h3-5,8,12-13,16H,6-7H2,1-2H3. The predicted octanol–water partition coefficient (Wildman–Crippen LogP) is 3.27. The van der Waals surface area contributed by atoms with Crippen molar-refractivity contribution in [3.05, 3.63) is 34.1 Å². The molecule has 0 amide bonds. The first-order valence-electron chi connectivity index (χ1n) is 5.89. The highest BCUT2D eigenvalue weighted by molar-refractivity contribution is 9.10. The van der Waals surface area contributed by atoms with E-state index in [1.54, 1.807) is 12.1 Å². The van der Waals surface area contributed by atoms with E-state index < -0.39 is 0 Å². The third-order valence-corrected chi connectivity index (χ3v) is 3.68. The van der Waals surface area contributed by atoms with Crippen LogP contribution in [-0.2, 0) is 4.74 Å². The first-order chi connectivity index (χ1) is 8.08. The second-order valence-corrected chi connectivity index (χ2v) is 5.59. The Morgan fingerprint density at radius 2 is 2.18 bits per heavy atom. The summed E-state index contributed by atoms with van der Waals surface area (Å²) in [5.74, 6) is 0.243. The molecule has 0 aromatic heterocycles. The van der Waals surface area contributed by atoms with Gasteiger partial charge in [-0.3, -0.25) is 0 Å². The molecule has 1 fully saturated rings. The second kappa shape index (κ2) is 5.46. The van der Waals surface area contributed by atoms with Gasteiger partial charge in [0.1, 0.15) is 5.82 Å².